The fourth-order valence-electron chi connectivity index (χ4n) is 4.51. The first-order valence-corrected chi connectivity index (χ1v) is 11.2. The van der Waals surface area contributed by atoms with Crippen LogP contribution in [0, 0.1) is 19.8 Å². The van der Waals surface area contributed by atoms with Gasteiger partial charge >= 0.3 is 5.97 Å². The Hall–Kier alpha value is -2.70. The number of aliphatic carboxylic acids is 1. The van der Waals surface area contributed by atoms with Crippen molar-refractivity contribution in [3.63, 3.8) is 0 Å². The Balaban J connectivity index is 1.66. The predicted molar refractivity (Wildman–Crippen MR) is 125 cm³/mol. The minimum atomic E-state index is -0.818. The highest BCUT2D eigenvalue weighted by Gasteiger charge is 2.29. The van der Waals surface area contributed by atoms with Gasteiger partial charge in [-0.3, -0.25) is 9.59 Å². The molecule has 1 saturated heterocycles. The third-order valence-electron chi connectivity index (χ3n) is 6.22. The number of phenols is 1. The molecule has 3 aromatic rings. The Morgan fingerprint density at radius 2 is 1.78 bits per heavy atom. The smallest absolute Gasteiger partial charge is 0.306 e. The van der Waals surface area contributed by atoms with E-state index in [0.29, 0.717) is 53.6 Å². The second-order valence-electron chi connectivity index (χ2n) is 8.39. The molecule has 4 rings (SSSR count). The van der Waals surface area contributed by atoms with E-state index in [4.69, 9.17) is 23.2 Å². The van der Waals surface area contributed by atoms with Gasteiger partial charge in [0.05, 0.1) is 28.6 Å². The van der Waals surface area contributed by atoms with E-state index in [1.54, 1.807) is 29.2 Å². The molecule has 0 saturated carbocycles. The van der Waals surface area contributed by atoms with Crippen molar-refractivity contribution in [2.24, 2.45) is 5.92 Å². The van der Waals surface area contributed by atoms with Crippen molar-refractivity contribution in [2.75, 3.05) is 13.1 Å². The summed E-state index contributed by atoms with van der Waals surface area (Å²) in [6, 6.07) is 6.75. The van der Waals surface area contributed by atoms with Crippen molar-refractivity contribution in [1.82, 2.24) is 9.47 Å². The summed E-state index contributed by atoms with van der Waals surface area (Å²) in [5.41, 5.74) is 3.92. The minimum absolute atomic E-state index is 0.214. The standard InChI is InChI=1S/C24H24Cl2N2O4/c1-13-9-16(29)10-18-14(2)11-28(22(13)18)12-19-20(25)4-3-17(21(19)26)23(30)27-7-5-15(6-8-27)24(31)32/h3-4,9-11,15,29H,5-8,12H2,1-2H3,(H,31,32). The summed E-state index contributed by atoms with van der Waals surface area (Å²) in [5, 5.41) is 20.9. The molecular formula is C24H24Cl2N2O4. The molecule has 2 heterocycles. The average molecular weight is 475 g/mol. The van der Waals surface area contributed by atoms with Gasteiger partial charge in [-0.2, -0.15) is 0 Å². The van der Waals surface area contributed by atoms with E-state index < -0.39 is 11.9 Å². The molecular weight excluding hydrogens is 451 g/mol. The zero-order chi connectivity index (χ0) is 23.2. The number of fused-ring (bicyclic) bond motifs is 1. The number of carboxylic acids is 1. The van der Waals surface area contributed by atoms with Gasteiger partial charge in [-0.15, -0.1) is 0 Å². The van der Waals surface area contributed by atoms with Crippen molar-refractivity contribution < 1.29 is 19.8 Å². The summed E-state index contributed by atoms with van der Waals surface area (Å²) in [4.78, 5) is 26.0. The molecule has 32 heavy (non-hydrogen) atoms. The number of likely N-dealkylation sites (tertiary alicyclic amines) is 1. The van der Waals surface area contributed by atoms with E-state index in [0.717, 1.165) is 22.0 Å². The van der Waals surface area contributed by atoms with Crippen LogP contribution in [-0.4, -0.2) is 44.6 Å². The summed E-state index contributed by atoms with van der Waals surface area (Å²) in [7, 11) is 0. The van der Waals surface area contributed by atoms with E-state index in [1.165, 1.54) is 0 Å². The first kappa shape index (κ1) is 22.5. The zero-order valence-corrected chi connectivity index (χ0v) is 19.4. The second kappa shape index (κ2) is 8.68. The number of hydrogen-bond acceptors (Lipinski definition) is 3. The minimum Gasteiger partial charge on any atom is -0.508 e. The number of aryl methyl sites for hydroxylation is 2. The highest BCUT2D eigenvalue weighted by molar-refractivity contribution is 6.38. The lowest BCUT2D eigenvalue weighted by atomic mass is 9.96. The first-order valence-electron chi connectivity index (χ1n) is 10.5. The number of benzene rings is 2. The molecule has 0 unspecified atom stereocenters. The molecule has 2 aromatic carbocycles. The zero-order valence-electron chi connectivity index (χ0n) is 17.9. The van der Waals surface area contributed by atoms with Gasteiger partial charge in [0.1, 0.15) is 5.75 Å². The highest BCUT2D eigenvalue weighted by atomic mass is 35.5. The van der Waals surface area contributed by atoms with Gasteiger partial charge < -0.3 is 19.7 Å². The van der Waals surface area contributed by atoms with Crippen LogP contribution in [0.15, 0.2) is 30.5 Å². The number of rotatable bonds is 4. The molecule has 0 radical (unpaired) electrons. The third kappa shape index (κ3) is 4.05. The van der Waals surface area contributed by atoms with Crippen molar-refractivity contribution in [3.8, 4) is 5.75 Å². The Kier molecular flexibility index (Phi) is 6.10. The number of aromatic hydroxyl groups is 1. The van der Waals surface area contributed by atoms with Crippen LogP contribution in [0.25, 0.3) is 10.9 Å². The number of carbonyl (C=O) groups excluding carboxylic acids is 1. The maximum absolute atomic E-state index is 13.1. The molecule has 1 aliphatic heterocycles. The Morgan fingerprint density at radius 3 is 2.44 bits per heavy atom. The molecule has 2 N–H and O–H groups in total. The Bertz CT molecular complexity index is 1230. The highest BCUT2D eigenvalue weighted by Crippen LogP contribution is 2.34. The molecule has 0 spiro atoms. The van der Waals surface area contributed by atoms with Crippen molar-refractivity contribution in [1.29, 1.82) is 0 Å². The molecule has 0 bridgehead atoms. The number of carboxylic acid groups (broad SMARTS) is 1. The molecule has 168 valence electrons. The van der Waals surface area contributed by atoms with Crippen LogP contribution in [0.1, 0.15) is 39.9 Å². The van der Waals surface area contributed by atoms with Crippen molar-refractivity contribution >= 4 is 46.0 Å². The number of piperidine rings is 1. The third-order valence-corrected chi connectivity index (χ3v) is 7.01. The second-order valence-corrected chi connectivity index (χ2v) is 9.18. The van der Waals surface area contributed by atoms with Gasteiger partial charge in [-0.25, -0.2) is 0 Å². The van der Waals surface area contributed by atoms with Gasteiger partial charge in [-0.1, -0.05) is 23.2 Å². The van der Waals surface area contributed by atoms with Crippen LogP contribution in [-0.2, 0) is 11.3 Å². The fraction of sp³-hybridized carbons (Fsp3) is 0.333. The van der Waals surface area contributed by atoms with Crippen LogP contribution >= 0.6 is 23.2 Å². The average Bonchev–Trinajstić information content (AvgIpc) is 3.06. The molecule has 0 atom stereocenters. The number of aromatic nitrogens is 1. The first-order chi connectivity index (χ1) is 15.2. The van der Waals surface area contributed by atoms with Crippen molar-refractivity contribution in [2.45, 2.75) is 33.2 Å². The maximum Gasteiger partial charge on any atom is 0.306 e. The van der Waals surface area contributed by atoms with E-state index >= 15 is 0 Å². The van der Waals surface area contributed by atoms with Gasteiger partial charge in [0.2, 0.25) is 0 Å². The monoisotopic (exact) mass is 474 g/mol. The lowest BCUT2D eigenvalue weighted by molar-refractivity contribution is -0.143. The Labute approximate surface area is 196 Å². The fourth-order valence-corrected chi connectivity index (χ4v) is 5.08. The molecule has 8 heteroatoms. The summed E-state index contributed by atoms with van der Waals surface area (Å²) in [6.07, 6.45) is 2.84. The molecule has 1 aliphatic rings. The maximum atomic E-state index is 13.1. The number of hydrogen-bond donors (Lipinski definition) is 2. The van der Waals surface area contributed by atoms with Crippen LogP contribution < -0.4 is 0 Å². The largest absolute Gasteiger partial charge is 0.508 e. The number of amides is 1. The van der Waals surface area contributed by atoms with E-state index in [2.05, 4.69) is 0 Å². The number of phenolic OH excluding ortho intramolecular Hbond substituents is 1. The van der Waals surface area contributed by atoms with E-state index in [9.17, 15) is 19.8 Å². The van der Waals surface area contributed by atoms with Gasteiger partial charge in [0.15, 0.2) is 0 Å². The summed E-state index contributed by atoms with van der Waals surface area (Å²) >= 11 is 13.2. The summed E-state index contributed by atoms with van der Waals surface area (Å²) in [5.74, 6) is -1.23. The normalized spacial score (nSPS) is 14.8. The van der Waals surface area contributed by atoms with Crippen molar-refractivity contribution in [3.05, 3.63) is 62.8 Å². The topological polar surface area (TPSA) is 82.8 Å². The molecule has 1 amide bonds. The van der Waals surface area contributed by atoms with Crippen LogP contribution in [0.5, 0.6) is 5.75 Å². The molecule has 1 fully saturated rings. The summed E-state index contributed by atoms with van der Waals surface area (Å²) < 4.78 is 2.03. The number of halogens is 2. The van der Waals surface area contributed by atoms with Gasteiger partial charge in [0.25, 0.3) is 5.91 Å². The molecule has 6 nitrogen and oxygen atoms in total. The number of carbonyl (C=O) groups is 2. The van der Waals surface area contributed by atoms with Crippen LogP contribution in [0.4, 0.5) is 0 Å². The van der Waals surface area contributed by atoms with Gasteiger partial charge in [-0.05, 0) is 62.1 Å². The quantitative estimate of drug-likeness (QED) is 0.540. The van der Waals surface area contributed by atoms with Gasteiger partial charge in [0, 0.05) is 35.3 Å². The number of nitrogens with zero attached hydrogens (tertiary/aromatic N) is 2. The lowest BCUT2D eigenvalue weighted by Gasteiger charge is -2.30. The van der Waals surface area contributed by atoms with E-state index in [-0.39, 0.29) is 11.7 Å². The van der Waals surface area contributed by atoms with Crippen LogP contribution in [0.3, 0.4) is 0 Å². The molecule has 1 aromatic heterocycles. The SMILES string of the molecule is Cc1cn(Cc2c(Cl)ccc(C(=O)N3CCC(C(=O)O)CC3)c2Cl)c2c(C)cc(O)cc12. The molecule has 0 aliphatic carbocycles. The lowest BCUT2D eigenvalue weighted by Crippen LogP contribution is -2.40. The van der Waals surface area contributed by atoms with E-state index in [1.807, 2.05) is 24.6 Å². The summed E-state index contributed by atoms with van der Waals surface area (Å²) in [6.45, 7) is 5.04. The Morgan fingerprint density at radius 1 is 1.09 bits per heavy atom. The predicted octanol–water partition coefficient (Wildman–Crippen LogP) is 5.26. The van der Waals surface area contributed by atoms with Crippen LogP contribution in [0.2, 0.25) is 10.0 Å².